The van der Waals surface area contributed by atoms with E-state index in [1.165, 1.54) is 31.4 Å². The van der Waals surface area contributed by atoms with Crippen LogP contribution < -0.4 is 0 Å². The second-order valence-electron chi connectivity index (χ2n) is 5.14. The third kappa shape index (κ3) is 3.02. The summed E-state index contributed by atoms with van der Waals surface area (Å²) in [5.41, 5.74) is 0.627. The van der Waals surface area contributed by atoms with Crippen LogP contribution in [0.15, 0.2) is 5.38 Å². The van der Waals surface area contributed by atoms with Gasteiger partial charge in [-0.1, -0.05) is 12.8 Å². The Morgan fingerprint density at radius 1 is 1.47 bits per heavy atom. The van der Waals surface area contributed by atoms with E-state index in [1.807, 2.05) is 13.8 Å². The molecule has 0 unspecified atom stereocenters. The van der Waals surface area contributed by atoms with Crippen LogP contribution >= 0.6 is 11.3 Å². The lowest BCUT2D eigenvalue weighted by atomic mass is 10.0. The van der Waals surface area contributed by atoms with Crippen molar-refractivity contribution in [3.8, 4) is 0 Å². The first-order chi connectivity index (χ1) is 7.04. The molecule has 1 aromatic rings. The zero-order valence-corrected chi connectivity index (χ0v) is 10.3. The van der Waals surface area contributed by atoms with Crippen molar-refractivity contribution in [3.63, 3.8) is 0 Å². The van der Waals surface area contributed by atoms with Crippen molar-refractivity contribution < 1.29 is 5.11 Å². The van der Waals surface area contributed by atoms with E-state index in [2.05, 4.69) is 10.4 Å². The van der Waals surface area contributed by atoms with Crippen molar-refractivity contribution in [3.05, 3.63) is 16.1 Å². The minimum atomic E-state index is -0.634. The number of aromatic nitrogens is 1. The molecule has 0 saturated heterocycles. The molecular weight excluding hydrogens is 206 g/mol. The molecule has 0 bridgehead atoms. The summed E-state index contributed by atoms with van der Waals surface area (Å²) >= 11 is 1.69. The zero-order chi connectivity index (χ0) is 10.9. The maximum absolute atomic E-state index is 9.71. The summed E-state index contributed by atoms with van der Waals surface area (Å²) in [5, 5.41) is 13.0. The van der Waals surface area contributed by atoms with Crippen molar-refractivity contribution >= 4 is 11.3 Å². The summed E-state index contributed by atoms with van der Waals surface area (Å²) in [7, 11) is 0. The largest absolute Gasteiger partial charge is 0.390 e. The van der Waals surface area contributed by atoms with Gasteiger partial charge < -0.3 is 5.11 Å². The highest BCUT2D eigenvalue weighted by molar-refractivity contribution is 7.09. The highest BCUT2D eigenvalue weighted by atomic mass is 32.1. The molecule has 0 atom stereocenters. The van der Waals surface area contributed by atoms with Crippen LogP contribution in [0.1, 0.15) is 56.2 Å². The SMILES string of the molecule is CC(C)(O)Cc1nc(C2CCCC2)cs1. The minimum Gasteiger partial charge on any atom is -0.390 e. The third-order valence-corrected chi connectivity index (χ3v) is 3.79. The molecule has 1 N–H and O–H groups in total. The lowest BCUT2D eigenvalue weighted by Crippen LogP contribution is -2.21. The molecule has 2 nitrogen and oxygen atoms in total. The molecule has 0 aliphatic heterocycles. The normalized spacial score (nSPS) is 18.6. The van der Waals surface area contributed by atoms with Gasteiger partial charge in [0.15, 0.2) is 0 Å². The highest BCUT2D eigenvalue weighted by Crippen LogP contribution is 2.34. The molecule has 1 fully saturated rings. The molecule has 0 aromatic carbocycles. The fourth-order valence-electron chi connectivity index (χ4n) is 2.19. The Morgan fingerprint density at radius 3 is 2.73 bits per heavy atom. The second-order valence-corrected chi connectivity index (χ2v) is 6.08. The van der Waals surface area contributed by atoms with Gasteiger partial charge in [0.2, 0.25) is 0 Å². The number of aliphatic hydroxyl groups is 1. The van der Waals surface area contributed by atoms with E-state index in [9.17, 15) is 5.11 Å². The molecule has 1 aliphatic carbocycles. The van der Waals surface area contributed by atoms with Gasteiger partial charge in [-0.2, -0.15) is 0 Å². The van der Waals surface area contributed by atoms with Crippen LogP contribution in [0.25, 0.3) is 0 Å². The van der Waals surface area contributed by atoms with Crippen LogP contribution in [0.3, 0.4) is 0 Å². The number of hydrogen-bond donors (Lipinski definition) is 1. The molecule has 0 spiro atoms. The molecule has 84 valence electrons. The fraction of sp³-hybridized carbons (Fsp3) is 0.750. The number of nitrogens with zero attached hydrogens (tertiary/aromatic N) is 1. The van der Waals surface area contributed by atoms with Crippen molar-refractivity contribution in [1.82, 2.24) is 4.98 Å². The van der Waals surface area contributed by atoms with Gasteiger partial charge >= 0.3 is 0 Å². The van der Waals surface area contributed by atoms with Gasteiger partial charge in [0.25, 0.3) is 0 Å². The standard InChI is InChI=1S/C12H19NOS/c1-12(2,14)7-11-13-10(8-15-11)9-5-3-4-6-9/h8-9,14H,3-7H2,1-2H3. The molecule has 15 heavy (non-hydrogen) atoms. The predicted molar refractivity (Wildman–Crippen MR) is 63.3 cm³/mol. The summed E-state index contributed by atoms with van der Waals surface area (Å²) in [5.74, 6) is 0.691. The van der Waals surface area contributed by atoms with Gasteiger partial charge in [0, 0.05) is 17.7 Å². The van der Waals surface area contributed by atoms with Gasteiger partial charge in [-0.25, -0.2) is 4.98 Å². The Morgan fingerprint density at radius 2 is 2.13 bits per heavy atom. The Labute approximate surface area is 95.4 Å². The predicted octanol–water partition coefficient (Wildman–Crippen LogP) is 3.11. The second kappa shape index (κ2) is 4.22. The first kappa shape index (κ1) is 11.1. The number of hydrogen-bond acceptors (Lipinski definition) is 3. The van der Waals surface area contributed by atoms with E-state index in [0.29, 0.717) is 12.3 Å². The Balaban J connectivity index is 2.03. The summed E-state index contributed by atoms with van der Waals surface area (Å²) in [6.07, 6.45) is 5.97. The Bertz CT molecular complexity index is 321. The molecule has 0 radical (unpaired) electrons. The monoisotopic (exact) mass is 225 g/mol. The van der Waals surface area contributed by atoms with Crippen molar-refractivity contribution in [2.75, 3.05) is 0 Å². The van der Waals surface area contributed by atoms with Crippen LogP contribution in [0.4, 0.5) is 0 Å². The van der Waals surface area contributed by atoms with E-state index in [1.54, 1.807) is 11.3 Å². The Hall–Kier alpha value is -0.410. The molecule has 1 heterocycles. The van der Waals surface area contributed by atoms with Gasteiger partial charge in [0.1, 0.15) is 0 Å². The fourth-order valence-corrected chi connectivity index (χ4v) is 3.28. The van der Waals surface area contributed by atoms with Gasteiger partial charge in [-0.3, -0.25) is 0 Å². The van der Waals surface area contributed by atoms with Crippen molar-refractivity contribution in [2.24, 2.45) is 0 Å². The maximum Gasteiger partial charge on any atom is 0.0956 e. The Kier molecular flexibility index (Phi) is 3.12. The molecule has 2 rings (SSSR count). The van der Waals surface area contributed by atoms with E-state index >= 15 is 0 Å². The molecule has 3 heteroatoms. The first-order valence-corrected chi connectivity index (χ1v) is 6.59. The van der Waals surface area contributed by atoms with Crippen molar-refractivity contribution in [2.45, 2.75) is 57.5 Å². The molecule has 1 aromatic heterocycles. The summed E-state index contributed by atoms with van der Waals surface area (Å²) in [6, 6.07) is 0. The van der Waals surface area contributed by atoms with E-state index in [4.69, 9.17) is 0 Å². The van der Waals surface area contributed by atoms with Crippen LogP contribution in [-0.4, -0.2) is 15.7 Å². The third-order valence-electron chi connectivity index (χ3n) is 2.93. The van der Waals surface area contributed by atoms with E-state index in [0.717, 1.165) is 5.01 Å². The highest BCUT2D eigenvalue weighted by Gasteiger charge is 2.21. The average Bonchev–Trinajstić information content (AvgIpc) is 2.68. The van der Waals surface area contributed by atoms with Crippen LogP contribution in [0.2, 0.25) is 0 Å². The lowest BCUT2D eigenvalue weighted by molar-refractivity contribution is 0.0809. The van der Waals surface area contributed by atoms with Crippen LogP contribution in [-0.2, 0) is 6.42 Å². The molecule has 0 amide bonds. The number of thiazole rings is 1. The van der Waals surface area contributed by atoms with Gasteiger partial charge in [-0.15, -0.1) is 11.3 Å². The number of rotatable bonds is 3. The van der Waals surface area contributed by atoms with Gasteiger partial charge in [-0.05, 0) is 26.7 Å². The summed E-state index contributed by atoms with van der Waals surface area (Å²) in [6.45, 7) is 3.67. The molecule has 1 saturated carbocycles. The minimum absolute atomic E-state index is 0.634. The zero-order valence-electron chi connectivity index (χ0n) is 9.49. The van der Waals surface area contributed by atoms with Crippen LogP contribution in [0, 0.1) is 0 Å². The van der Waals surface area contributed by atoms with Crippen LogP contribution in [0.5, 0.6) is 0 Å². The maximum atomic E-state index is 9.71. The average molecular weight is 225 g/mol. The van der Waals surface area contributed by atoms with E-state index in [-0.39, 0.29) is 0 Å². The molecule has 1 aliphatic rings. The smallest absolute Gasteiger partial charge is 0.0956 e. The van der Waals surface area contributed by atoms with Crippen molar-refractivity contribution in [1.29, 1.82) is 0 Å². The quantitative estimate of drug-likeness (QED) is 0.857. The lowest BCUT2D eigenvalue weighted by Gasteiger charge is -2.14. The molecular formula is C12H19NOS. The summed E-state index contributed by atoms with van der Waals surface area (Å²) < 4.78 is 0. The van der Waals surface area contributed by atoms with E-state index < -0.39 is 5.60 Å². The van der Waals surface area contributed by atoms with Gasteiger partial charge in [0.05, 0.1) is 16.3 Å². The topological polar surface area (TPSA) is 33.1 Å². The first-order valence-electron chi connectivity index (χ1n) is 5.71. The summed E-state index contributed by atoms with van der Waals surface area (Å²) in [4.78, 5) is 4.64.